The van der Waals surface area contributed by atoms with Crippen molar-refractivity contribution in [1.29, 1.82) is 0 Å². The van der Waals surface area contributed by atoms with Crippen molar-refractivity contribution in [2.45, 2.75) is 82.1 Å². The molecule has 0 atom stereocenters. The first-order valence-electron chi connectivity index (χ1n) is 15.8. The zero-order chi connectivity index (χ0) is 29.7. The van der Waals surface area contributed by atoms with Gasteiger partial charge in [-0.2, -0.15) is 0 Å². The molecule has 0 aromatic heterocycles. The number of benzene rings is 4. The minimum atomic E-state index is -3.91. The van der Waals surface area contributed by atoms with E-state index in [-0.39, 0.29) is 35.6 Å². The molecule has 0 saturated carbocycles. The Hall–Kier alpha value is -2.35. The first kappa shape index (κ1) is 33.0. The molecule has 229 valence electrons. The van der Waals surface area contributed by atoms with Gasteiger partial charge in [0, 0.05) is 0 Å². The van der Waals surface area contributed by atoms with E-state index in [9.17, 15) is 0 Å². The third-order valence-corrected chi connectivity index (χ3v) is 21.0. The van der Waals surface area contributed by atoms with E-state index < -0.39 is 15.3 Å². The Balaban J connectivity index is 0.00000192. The van der Waals surface area contributed by atoms with E-state index in [0.29, 0.717) is 0 Å². The van der Waals surface area contributed by atoms with Crippen molar-refractivity contribution in [3.8, 4) is 22.3 Å². The van der Waals surface area contributed by atoms with Crippen LogP contribution in [0.4, 0.5) is 0 Å². The van der Waals surface area contributed by atoms with Gasteiger partial charge in [-0.05, 0) is 0 Å². The minimum Gasteiger partial charge on any atom is -0.147 e. The number of rotatable bonds is 3. The molecule has 0 nitrogen and oxygen atoms in total. The van der Waals surface area contributed by atoms with Crippen LogP contribution in [0, 0.1) is 0 Å². The quantitative estimate of drug-likeness (QED) is 0.166. The van der Waals surface area contributed by atoms with Crippen LogP contribution in [0.2, 0.25) is 10.5 Å². The number of hydrogen-bond acceptors (Lipinski definition) is 0. The van der Waals surface area contributed by atoms with Gasteiger partial charge in [0.05, 0.1) is 0 Å². The normalized spacial score (nSPS) is 15.6. The molecular weight excluding hydrogens is 611 g/mol. The van der Waals surface area contributed by atoms with E-state index in [1.54, 1.807) is 22.7 Å². The summed E-state index contributed by atoms with van der Waals surface area (Å²) in [6, 6.07) is 28.7. The summed E-state index contributed by atoms with van der Waals surface area (Å²) >= 11 is -3.91. The molecule has 44 heavy (non-hydrogen) atoms. The predicted molar refractivity (Wildman–Crippen MR) is 194 cm³/mol. The number of fused-ring (bicyclic) bond motifs is 6. The monoisotopic (exact) mass is 657 g/mol. The molecule has 0 unspecified atom stereocenters. The largest absolute Gasteiger partial charge is 0.147 e. The molecule has 0 N–H and O–H groups in total. The maximum absolute atomic E-state index is 3.91. The summed E-state index contributed by atoms with van der Waals surface area (Å²) in [4.78, 5) is 0. The molecular formula is C41H47Cl2Ti. The summed E-state index contributed by atoms with van der Waals surface area (Å²) in [6.07, 6.45) is 10.4. The van der Waals surface area contributed by atoms with Gasteiger partial charge in [-0.25, -0.2) is 0 Å². The number of hydrogen-bond donors (Lipinski definition) is 0. The Bertz CT molecular complexity index is 1740. The number of allylic oxidation sites excluding steroid dienone is 4. The van der Waals surface area contributed by atoms with Crippen LogP contribution in [0.5, 0.6) is 0 Å². The molecule has 0 aliphatic heterocycles. The average Bonchev–Trinajstić information content (AvgIpc) is 3.68. The summed E-state index contributed by atoms with van der Waals surface area (Å²) in [6.45, 7) is 14.3. The zero-order valence-electron chi connectivity index (χ0n) is 27.6. The SMILES string of the molecule is CC(C)(C)c1cc2c([c]([Ti]([CH3])([CH3])([C]3=CC=CC3)[c]3cc(C(C)(C)C)cc4c3Cc3ccccc3-4)c1)Cc1ccccc1-2.Cl.Cl. The van der Waals surface area contributed by atoms with Gasteiger partial charge in [-0.1, -0.05) is 0 Å². The van der Waals surface area contributed by atoms with Gasteiger partial charge < -0.3 is 0 Å². The van der Waals surface area contributed by atoms with Crippen LogP contribution in [0.1, 0.15) is 81.3 Å². The molecule has 3 aliphatic carbocycles. The minimum absolute atomic E-state index is 0. The molecule has 0 radical (unpaired) electrons. The van der Waals surface area contributed by atoms with Gasteiger partial charge in [0.2, 0.25) is 0 Å². The van der Waals surface area contributed by atoms with Crippen molar-refractivity contribution in [1.82, 2.24) is 0 Å². The summed E-state index contributed by atoms with van der Waals surface area (Å²) < 4.78 is 5.02. The third kappa shape index (κ3) is 4.84. The fraction of sp³-hybridized carbons (Fsp3) is 0.317. The van der Waals surface area contributed by atoms with Crippen LogP contribution in [0.25, 0.3) is 22.3 Å². The van der Waals surface area contributed by atoms with Crippen LogP contribution in [0.15, 0.2) is 94.9 Å². The predicted octanol–water partition coefficient (Wildman–Crippen LogP) is 10.8. The van der Waals surface area contributed by atoms with Crippen LogP contribution in [-0.2, 0) is 39.0 Å². The molecule has 0 spiro atoms. The molecule has 7 rings (SSSR count). The van der Waals surface area contributed by atoms with Crippen LogP contribution >= 0.6 is 24.8 Å². The van der Waals surface area contributed by atoms with Crippen molar-refractivity contribution in [2.75, 3.05) is 0 Å². The fourth-order valence-corrected chi connectivity index (χ4v) is 17.1. The van der Waals surface area contributed by atoms with Crippen molar-refractivity contribution in [3.05, 3.63) is 128 Å². The summed E-state index contributed by atoms with van der Waals surface area (Å²) in [5, 5.41) is 5.51. The van der Waals surface area contributed by atoms with Crippen LogP contribution < -0.4 is 7.74 Å². The zero-order valence-corrected chi connectivity index (χ0v) is 30.8. The Morgan fingerprint density at radius 1 is 0.568 bits per heavy atom. The van der Waals surface area contributed by atoms with Crippen molar-refractivity contribution >= 4 is 32.6 Å². The molecule has 4 aromatic carbocycles. The first-order chi connectivity index (χ1) is 19.8. The Morgan fingerprint density at radius 2 is 1.00 bits per heavy atom. The number of halogens is 2. The Labute approximate surface area is 278 Å². The van der Waals surface area contributed by atoms with E-state index >= 15 is 0 Å². The van der Waals surface area contributed by atoms with E-state index in [0.717, 1.165) is 19.3 Å². The van der Waals surface area contributed by atoms with Crippen molar-refractivity contribution in [3.63, 3.8) is 0 Å². The molecule has 0 saturated heterocycles. The van der Waals surface area contributed by atoms with Gasteiger partial charge >= 0.3 is 256 Å². The topological polar surface area (TPSA) is 0 Å². The van der Waals surface area contributed by atoms with Gasteiger partial charge in [-0.3, -0.25) is 0 Å². The summed E-state index contributed by atoms with van der Waals surface area (Å²) in [5.41, 5.74) is 15.0. The molecule has 3 heteroatoms. The Morgan fingerprint density at radius 3 is 1.39 bits per heavy atom. The second kappa shape index (κ2) is 10.9. The average molecular weight is 659 g/mol. The van der Waals surface area contributed by atoms with E-state index in [2.05, 4.69) is 143 Å². The molecule has 0 amide bonds. The maximum atomic E-state index is 2.76. The fourth-order valence-electron chi connectivity index (χ4n) is 8.16. The second-order valence-electron chi connectivity index (χ2n) is 16.0. The summed E-state index contributed by atoms with van der Waals surface area (Å²) in [7, 11) is 0. The van der Waals surface area contributed by atoms with Crippen molar-refractivity contribution in [2.24, 2.45) is 0 Å². The van der Waals surface area contributed by atoms with Crippen molar-refractivity contribution < 1.29 is 15.3 Å². The third-order valence-electron chi connectivity index (χ3n) is 10.9. The standard InChI is InChI=1S/2C17H17.C5H5.2CH3.2ClH.Ti/c2*1-17(2,3)14-9-8-13-10-12-6-4-5-7-15(12)16(13)11-14;1-2-4-5-3-1;;;;;/h2*4-7,9,11H,10H2,1-3H3;1-3H,4H2;2*1H3;2*1H;. The smallest absolute Gasteiger partial charge is 0.147 e. The molecule has 3 aliphatic rings. The Kier molecular flexibility index (Phi) is 8.17. The molecule has 4 aromatic rings. The van der Waals surface area contributed by atoms with Gasteiger partial charge in [0.15, 0.2) is 0 Å². The van der Waals surface area contributed by atoms with E-state index in [4.69, 9.17) is 0 Å². The van der Waals surface area contributed by atoms with E-state index in [1.807, 2.05) is 0 Å². The molecule has 0 heterocycles. The van der Waals surface area contributed by atoms with E-state index in [1.165, 1.54) is 44.5 Å². The summed E-state index contributed by atoms with van der Waals surface area (Å²) in [5.74, 6) is 0. The van der Waals surface area contributed by atoms with Gasteiger partial charge in [0.25, 0.3) is 0 Å². The first-order valence-corrected chi connectivity index (χ1v) is 21.3. The van der Waals surface area contributed by atoms with Gasteiger partial charge in [-0.15, -0.1) is 24.8 Å². The molecule has 0 bridgehead atoms. The van der Waals surface area contributed by atoms with Crippen LogP contribution in [0.3, 0.4) is 0 Å². The second-order valence-corrected chi connectivity index (χ2v) is 26.1. The van der Waals surface area contributed by atoms with Crippen LogP contribution in [-0.4, -0.2) is 0 Å². The molecule has 0 fully saturated rings. The van der Waals surface area contributed by atoms with Gasteiger partial charge in [0.1, 0.15) is 0 Å². The maximum Gasteiger partial charge on any atom is -0.147 e.